The molecule has 0 aromatic rings. The molecule has 0 unspecified atom stereocenters. The molecule has 0 rings (SSSR count). The Balaban J connectivity index is 0. The summed E-state index contributed by atoms with van der Waals surface area (Å²) in [4.78, 5) is 0. The molecule has 0 saturated heterocycles. The first-order valence-corrected chi connectivity index (χ1v) is 6.01. The Labute approximate surface area is 77.2 Å². The van der Waals surface area contributed by atoms with E-state index in [9.17, 15) is 0 Å². The summed E-state index contributed by atoms with van der Waals surface area (Å²) in [5.74, 6) is 4.78. The molecule has 76 valence electrons. The van der Waals surface area contributed by atoms with E-state index in [4.69, 9.17) is 14.7 Å². The maximum absolute atomic E-state index is 5.06. The molecule has 0 fully saturated rings. The fourth-order valence-electron chi connectivity index (χ4n) is 0.568. The van der Waals surface area contributed by atoms with Crippen molar-refractivity contribution in [3.05, 3.63) is 0 Å². The highest BCUT2D eigenvalue weighted by Crippen LogP contribution is 1.96. The van der Waals surface area contributed by atoms with Gasteiger partial charge in [-0.15, -0.1) is 0 Å². The highest BCUT2D eigenvalue weighted by molar-refractivity contribution is 6.44. The van der Waals surface area contributed by atoms with Gasteiger partial charge in [0.25, 0.3) is 0 Å². The molecule has 0 aliphatic carbocycles. The predicted octanol–water partition coefficient (Wildman–Crippen LogP) is 0.379. The zero-order chi connectivity index (χ0) is 9.82. The van der Waals surface area contributed by atoms with Crippen molar-refractivity contribution in [2.24, 2.45) is 5.84 Å². The third kappa shape index (κ3) is 12.7. The average molecular weight is 194 g/mol. The van der Waals surface area contributed by atoms with Crippen LogP contribution in [-0.2, 0) is 8.85 Å². The molecular formula is C7H22N2O2Si. The summed E-state index contributed by atoms with van der Waals surface area (Å²) >= 11 is 0. The molecule has 0 aliphatic rings. The van der Waals surface area contributed by atoms with Crippen LogP contribution in [0.3, 0.4) is 0 Å². The monoisotopic (exact) mass is 194 g/mol. The van der Waals surface area contributed by atoms with Gasteiger partial charge in [-0.05, 0) is 6.04 Å². The standard InChI is InChI=1S/C5H14O2Si.C2H8N2/c1-4-5-8(6-2)7-3;1-2-4-3/h8H,4-5H2,1-3H3;4H,2-3H2,1H3. The lowest BCUT2D eigenvalue weighted by atomic mass is 10.6. The lowest BCUT2D eigenvalue weighted by molar-refractivity contribution is 0.277. The maximum Gasteiger partial charge on any atom is 0.320 e. The topological polar surface area (TPSA) is 56.5 Å². The molecule has 0 amide bonds. The lowest BCUT2D eigenvalue weighted by Crippen LogP contribution is -2.20. The number of nitrogens with one attached hydrogen (secondary N) is 1. The van der Waals surface area contributed by atoms with Gasteiger partial charge in [0, 0.05) is 20.8 Å². The Bertz CT molecular complexity index is 70.4. The van der Waals surface area contributed by atoms with Crippen molar-refractivity contribution in [1.82, 2.24) is 5.43 Å². The van der Waals surface area contributed by atoms with E-state index in [1.807, 2.05) is 6.92 Å². The number of hydrogen-bond acceptors (Lipinski definition) is 4. The SMILES string of the molecule is CCC[SiH](OC)OC.CCNN. The van der Waals surface area contributed by atoms with Crippen LogP contribution >= 0.6 is 0 Å². The molecule has 4 nitrogen and oxygen atoms in total. The molecule has 0 radical (unpaired) electrons. The van der Waals surface area contributed by atoms with E-state index in [-0.39, 0.29) is 0 Å². The zero-order valence-corrected chi connectivity index (χ0v) is 9.75. The number of hydrogen-bond donors (Lipinski definition) is 2. The Morgan fingerprint density at radius 3 is 1.75 bits per heavy atom. The van der Waals surface area contributed by atoms with Crippen molar-refractivity contribution in [2.45, 2.75) is 26.3 Å². The van der Waals surface area contributed by atoms with Crippen LogP contribution in [0.5, 0.6) is 0 Å². The fourth-order valence-corrected chi connectivity index (χ4v) is 1.70. The number of rotatable bonds is 5. The summed E-state index contributed by atoms with van der Waals surface area (Å²) < 4.78 is 10.1. The van der Waals surface area contributed by atoms with Gasteiger partial charge < -0.3 is 8.85 Å². The molecule has 0 spiro atoms. The second-order valence-electron chi connectivity index (χ2n) is 2.25. The van der Waals surface area contributed by atoms with E-state index in [0.717, 1.165) is 12.6 Å². The van der Waals surface area contributed by atoms with Crippen molar-refractivity contribution in [1.29, 1.82) is 0 Å². The molecule has 0 aliphatic heterocycles. The van der Waals surface area contributed by atoms with Gasteiger partial charge in [0.1, 0.15) is 0 Å². The van der Waals surface area contributed by atoms with E-state index in [1.54, 1.807) is 14.2 Å². The zero-order valence-electron chi connectivity index (χ0n) is 8.59. The second-order valence-corrected chi connectivity index (χ2v) is 4.63. The van der Waals surface area contributed by atoms with E-state index < -0.39 is 9.28 Å². The highest BCUT2D eigenvalue weighted by atomic mass is 28.3. The van der Waals surface area contributed by atoms with Crippen molar-refractivity contribution in [3.63, 3.8) is 0 Å². The average Bonchev–Trinajstić information content (AvgIpc) is 2.14. The van der Waals surface area contributed by atoms with Crippen LogP contribution < -0.4 is 11.3 Å². The minimum Gasteiger partial charge on any atom is -0.400 e. The molecule has 0 aromatic carbocycles. The van der Waals surface area contributed by atoms with Gasteiger partial charge >= 0.3 is 9.28 Å². The second kappa shape index (κ2) is 13.6. The first-order valence-electron chi connectivity index (χ1n) is 4.25. The van der Waals surface area contributed by atoms with E-state index >= 15 is 0 Å². The molecule has 0 saturated carbocycles. The van der Waals surface area contributed by atoms with Crippen molar-refractivity contribution in [2.75, 3.05) is 20.8 Å². The van der Waals surface area contributed by atoms with E-state index in [1.165, 1.54) is 6.42 Å². The first-order chi connectivity index (χ1) is 5.76. The molecule has 0 aromatic heterocycles. The van der Waals surface area contributed by atoms with Crippen LogP contribution in [0.25, 0.3) is 0 Å². The largest absolute Gasteiger partial charge is 0.400 e. The van der Waals surface area contributed by atoms with Gasteiger partial charge in [-0.25, -0.2) is 0 Å². The number of nitrogens with two attached hydrogens (primary N) is 1. The van der Waals surface area contributed by atoms with Gasteiger partial charge in [-0.3, -0.25) is 11.3 Å². The van der Waals surface area contributed by atoms with E-state index in [2.05, 4.69) is 12.3 Å². The summed E-state index contributed by atoms with van der Waals surface area (Å²) in [6.45, 7) is 4.93. The van der Waals surface area contributed by atoms with Crippen LogP contribution in [0.15, 0.2) is 0 Å². The van der Waals surface area contributed by atoms with Gasteiger partial charge in [0.2, 0.25) is 0 Å². The Hall–Kier alpha value is 0.0569. The van der Waals surface area contributed by atoms with Crippen LogP contribution in [0.1, 0.15) is 20.3 Å². The molecule has 5 heteroatoms. The Kier molecular flexibility index (Phi) is 16.6. The fraction of sp³-hybridized carbons (Fsp3) is 1.00. The molecule has 3 N–H and O–H groups in total. The lowest BCUT2D eigenvalue weighted by Gasteiger charge is -2.07. The van der Waals surface area contributed by atoms with Crippen LogP contribution in [-0.4, -0.2) is 30.0 Å². The van der Waals surface area contributed by atoms with Crippen LogP contribution in [0.4, 0.5) is 0 Å². The molecule has 12 heavy (non-hydrogen) atoms. The van der Waals surface area contributed by atoms with Gasteiger partial charge in [0.15, 0.2) is 0 Å². The van der Waals surface area contributed by atoms with Crippen molar-refractivity contribution < 1.29 is 8.85 Å². The quantitative estimate of drug-likeness (QED) is 0.377. The van der Waals surface area contributed by atoms with Crippen LogP contribution in [0.2, 0.25) is 6.04 Å². The van der Waals surface area contributed by atoms with Gasteiger partial charge in [-0.2, -0.15) is 0 Å². The van der Waals surface area contributed by atoms with Crippen molar-refractivity contribution in [3.8, 4) is 0 Å². The third-order valence-electron chi connectivity index (χ3n) is 1.25. The van der Waals surface area contributed by atoms with Crippen LogP contribution in [0, 0.1) is 0 Å². The predicted molar refractivity (Wildman–Crippen MR) is 54.1 cm³/mol. The summed E-state index contributed by atoms with van der Waals surface area (Å²) in [5.41, 5.74) is 2.43. The first kappa shape index (κ1) is 14.6. The normalized spacial score (nSPS) is 9.50. The van der Waals surface area contributed by atoms with Gasteiger partial charge in [-0.1, -0.05) is 20.3 Å². The minimum absolute atomic E-state index is 0.847. The molecule has 0 bridgehead atoms. The van der Waals surface area contributed by atoms with E-state index in [0.29, 0.717) is 0 Å². The maximum atomic E-state index is 5.06. The molecule has 0 heterocycles. The summed E-state index contributed by atoms with van der Waals surface area (Å²) in [6, 6.07) is 1.12. The third-order valence-corrected chi connectivity index (χ3v) is 3.35. The minimum atomic E-state index is -1.19. The smallest absolute Gasteiger partial charge is 0.320 e. The Morgan fingerprint density at radius 2 is 1.67 bits per heavy atom. The van der Waals surface area contributed by atoms with Crippen molar-refractivity contribution >= 4 is 9.28 Å². The summed E-state index contributed by atoms with van der Waals surface area (Å²) in [7, 11) is 2.24. The molecular weight excluding hydrogens is 172 g/mol. The molecule has 0 atom stereocenters. The van der Waals surface area contributed by atoms with Gasteiger partial charge in [0.05, 0.1) is 0 Å². The number of hydrazine groups is 1. The summed E-state index contributed by atoms with van der Waals surface area (Å²) in [5, 5.41) is 0. The Morgan fingerprint density at radius 1 is 1.25 bits per heavy atom. The summed E-state index contributed by atoms with van der Waals surface area (Å²) in [6.07, 6.45) is 1.17. The highest BCUT2D eigenvalue weighted by Gasteiger charge is 2.05.